The van der Waals surface area contributed by atoms with E-state index in [2.05, 4.69) is 9.97 Å². The zero-order valence-electron chi connectivity index (χ0n) is 11.8. The van der Waals surface area contributed by atoms with E-state index >= 15 is 0 Å². The number of benzene rings is 2. The highest BCUT2D eigenvalue weighted by atomic mass is 35.5. The van der Waals surface area contributed by atoms with Crippen LogP contribution in [0, 0.1) is 0 Å². The van der Waals surface area contributed by atoms with Gasteiger partial charge >= 0.3 is 0 Å². The third-order valence-electron chi connectivity index (χ3n) is 3.18. The van der Waals surface area contributed by atoms with Crippen LogP contribution in [0.4, 0.5) is 0 Å². The zero-order valence-corrected chi connectivity index (χ0v) is 12.6. The Hall–Kier alpha value is -2.20. The molecule has 1 heterocycles. The first-order valence-electron chi connectivity index (χ1n) is 6.68. The van der Waals surface area contributed by atoms with Gasteiger partial charge in [0, 0.05) is 5.56 Å². The summed E-state index contributed by atoms with van der Waals surface area (Å²) >= 11 is 6.27. The lowest BCUT2D eigenvalue weighted by molar-refractivity contribution is 0.311. The Morgan fingerprint density at radius 1 is 1.24 bits per heavy atom. The molecule has 108 valence electrons. The van der Waals surface area contributed by atoms with Crippen molar-refractivity contribution in [2.75, 3.05) is 13.7 Å². The highest BCUT2D eigenvalue weighted by Crippen LogP contribution is 2.39. The van der Waals surface area contributed by atoms with Crippen LogP contribution in [0.3, 0.4) is 0 Å². The number of fused-ring (bicyclic) bond motifs is 1. The summed E-state index contributed by atoms with van der Waals surface area (Å²) in [5.41, 5.74) is 2.76. The number of nitrogens with zero attached hydrogens (tertiary/aromatic N) is 1. The molecular formula is C16H15ClN2O2. The minimum atomic E-state index is 0.499. The molecule has 0 aliphatic rings. The first-order valence-corrected chi connectivity index (χ1v) is 7.06. The van der Waals surface area contributed by atoms with Gasteiger partial charge in [-0.1, -0.05) is 23.7 Å². The number of hydrogen-bond donors (Lipinski definition) is 1. The summed E-state index contributed by atoms with van der Waals surface area (Å²) in [6, 6.07) is 11.6. The number of imidazole rings is 1. The van der Waals surface area contributed by atoms with E-state index in [9.17, 15) is 0 Å². The molecule has 1 aromatic heterocycles. The highest BCUT2D eigenvalue weighted by Gasteiger charge is 2.14. The van der Waals surface area contributed by atoms with E-state index in [0.717, 1.165) is 22.4 Å². The minimum Gasteiger partial charge on any atom is -0.491 e. The Kier molecular flexibility index (Phi) is 3.71. The lowest BCUT2D eigenvalue weighted by Gasteiger charge is -2.12. The average Bonchev–Trinajstić information content (AvgIpc) is 2.91. The lowest BCUT2D eigenvalue weighted by atomic mass is 10.2. The van der Waals surface area contributed by atoms with Gasteiger partial charge in [-0.15, -0.1) is 0 Å². The van der Waals surface area contributed by atoms with Crippen LogP contribution in [-0.4, -0.2) is 23.7 Å². The third-order valence-corrected chi connectivity index (χ3v) is 3.46. The fraction of sp³-hybridized carbons (Fsp3) is 0.188. The van der Waals surface area contributed by atoms with Crippen molar-refractivity contribution in [3.63, 3.8) is 0 Å². The topological polar surface area (TPSA) is 47.1 Å². The molecule has 0 saturated heterocycles. The molecule has 0 fully saturated rings. The van der Waals surface area contributed by atoms with Gasteiger partial charge in [-0.3, -0.25) is 0 Å². The molecule has 0 aliphatic heterocycles. The van der Waals surface area contributed by atoms with Crippen molar-refractivity contribution >= 4 is 22.6 Å². The maximum absolute atomic E-state index is 6.27. The molecule has 21 heavy (non-hydrogen) atoms. The van der Waals surface area contributed by atoms with Crippen LogP contribution in [0.1, 0.15) is 6.92 Å². The lowest BCUT2D eigenvalue weighted by Crippen LogP contribution is -1.97. The summed E-state index contributed by atoms with van der Waals surface area (Å²) in [6.45, 7) is 2.46. The molecule has 3 rings (SSSR count). The summed E-state index contributed by atoms with van der Waals surface area (Å²) in [7, 11) is 1.57. The fourth-order valence-electron chi connectivity index (χ4n) is 2.26. The monoisotopic (exact) mass is 302 g/mol. The van der Waals surface area contributed by atoms with Crippen LogP contribution in [0.25, 0.3) is 22.4 Å². The number of aromatic nitrogens is 2. The van der Waals surface area contributed by atoms with Crippen LogP contribution in [0.2, 0.25) is 5.02 Å². The average molecular weight is 303 g/mol. The fourth-order valence-corrected chi connectivity index (χ4v) is 2.54. The van der Waals surface area contributed by atoms with Crippen molar-refractivity contribution < 1.29 is 9.47 Å². The van der Waals surface area contributed by atoms with Gasteiger partial charge in [-0.2, -0.15) is 0 Å². The van der Waals surface area contributed by atoms with Crippen LogP contribution in [0.15, 0.2) is 36.4 Å². The van der Waals surface area contributed by atoms with Gasteiger partial charge in [-0.25, -0.2) is 4.98 Å². The number of para-hydroxylation sites is 2. The quantitative estimate of drug-likeness (QED) is 0.782. The summed E-state index contributed by atoms with van der Waals surface area (Å²) in [6.07, 6.45) is 0. The van der Waals surface area contributed by atoms with Crippen molar-refractivity contribution in [1.82, 2.24) is 9.97 Å². The molecular weight excluding hydrogens is 288 g/mol. The molecule has 4 nitrogen and oxygen atoms in total. The van der Waals surface area contributed by atoms with Crippen molar-refractivity contribution in [1.29, 1.82) is 0 Å². The van der Waals surface area contributed by atoms with Gasteiger partial charge in [-0.05, 0) is 31.2 Å². The first-order chi connectivity index (χ1) is 10.2. The van der Waals surface area contributed by atoms with Gasteiger partial charge < -0.3 is 14.5 Å². The van der Waals surface area contributed by atoms with Crippen LogP contribution >= 0.6 is 11.6 Å². The second-order valence-corrected chi connectivity index (χ2v) is 4.93. The number of nitrogens with one attached hydrogen (secondary N) is 1. The van der Waals surface area contributed by atoms with Crippen LogP contribution in [-0.2, 0) is 0 Å². The Balaban J connectivity index is 2.13. The molecule has 0 spiro atoms. The summed E-state index contributed by atoms with van der Waals surface area (Å²) in [5, 5.41) is 0.499. The molecule has 0 saturated carbocycles. The number of hydrogen-bond acceptors (Lipinski definition) is 3. The Morgan fingerprint density at radius 2 is 2.05 bits per heavy atom. The smallest absolute Gasteiger partial charge is 0.179 e. The number of halogens is 1. The van der Waals surface area contributed by atoms with Gasteiger partial charge in [0.05, 0.1) is 29.8 Å². The number of H-pyrrole nitrogens is 1. The number of methoxy groups -OCH3 is 1. The number of ether oxygens (including phenoxy) is 2. The van der Waals surface area contributed by atoms with E-state index < -0.39 is 0 Å². The highest BCUT2D eigenvalue weighted by molar-refractivity contribution is 6.32. The Morgan fingerprint density at radius 3 is 2.76 bits per heavy atom. The number of aromatic amines is 1. The SMILES string of the molecule is CCOc1cc(-c2nc3ccccc3[nH]2)cc(Cl)c1OC. The third kappa shape index (κ3) is 2.54. The van der Waals surface area contributed by atoms with E-state index in [1.54, 1.807) is 7.11 Å². The largest absolute Gasteiger partial charge is 0.491 e. The van der Waals surface area contributed by atoms with Crippen LogP contribution in [0.5, 0.6) is 11.5 Å². The van der Waals surface area contributed by atoms with Gasteiger partial charge in [0.2, 0.25) is 0 Å². The second kappa shape index (κ2) is 5.66. The standard InChI is InChI=1S/C16H15ClN2O2/c1-3-21-14-9-10(8-11(17)15(14)20-2)16-18-12-6-4-5-7-13(12)19-16/h4-9H,3H2,1-2H3,(H,18,19). The van der Waals surface area contributed by atoms with E-state index in [0.29, 0.717) is 23.1 Å². The molecule has 2 aromatic carbocycles. The van der Waals surface area contributed by atoms with Gasteiger partial charge in [0.1, 0.15) is 5.82 Å². The minimum absolute atomic E-state index is 0.499. The van der Waals surface area contributed by atoms with E-state index in [1.807, 2.05) is 43.3 Å². The number of rotatable bonds is 4. The second-order valence-electron chi connectivity index (χ2n) is 4.53. The summed E-state index contributed by atoms with van der Waals surface area (Å²) < 4.78 is 10.9. The van der Waals surface area contributed by atoms with Crippen LogP contribution < -0.4 is 9.47 Å². The summed E-state index contributed by atoms with van der Waals surface area (Å²) in [5.74, 6) is 1.91. The van der Waals surface area contributed by atoms with E-state index in [-0.39, 0.29) is 0 Å². The molecule has 3 aromatic rings. The Bertz CT molecular complexity index is 750. The van der Waals surface area contributed by atoms with Crippen molar-refractivity contribution in [2.45, 2.75) is 6.92 Å². The Labute approximate surface area is 127 Å². The molecule has 0 aliphatic carbocycles. The first kappa shape index (κ1) is 13.8. The zero-order chi connectivity index (χ0) is 14.8. The van der Waals surface area contributed by atoms with Crippen molar-refractivity contribution in [2.24, 2.45) is 0 Å². The normalized spacial score (nSPS) is 10.8. The maximum Gasteiger partial charge on any atom is 0.179 e. The van der Waals surface area contributed by atoms with Gasteiger partial charge in [0.25, 0.3) is 0 Å². The van der Waals surface area contributed by atoms with E-state index in [4.69, 9.17) is 21.1 Å². The molecule has 5 heteroatoms. The molecule has 0 unspecified atom stereocenters. The molecule has 0 radical (unpaired) electrons. The maximum atomic E-state index is 6.27. The van der Waals surface area contributed by atoms with Crippen molar-refractivity contribution in [3.05, 3.63) is 41.4 Å². The molecule has 0 amide bonds. The predicted molar refractivity (Wildman–Crippen MR) is 84.3 cm³/mol. The summed E-state index contributed by atoms with van der Waals surface area (Å²) in [4.78, 5) is 7.85. The van der Waals surface area contributed by atoms with Crippen molar-refractivity contribution in [3.8, 4) is 22.9 Å². The van der Waals surface area contributed by atoms with Gasteiger partial charge in [0.15, 0.2) is 11.5 Å². The molecule has 0 bridgehead atoms. The molecule has 0 atom stereocenters. The van der Waals surface area contributed by atoms with E-state index in [1.165, 1.54) is 0 Å². The molecule has 1 N–H and O–H groups in total. The predicted octanol–water partition coefficient (Wildman–Crippen LogP) is 4.29.